The molecule has 1 aromatic rings. The number of carbonyl (C=O) groups is 2. The van der Waals surface area contributed by atoms with E-state index in [0.29, 0.717) is 29.7 Å². The van der Waals surface area contributed by atoms with E-state index >= 15 is 0 Å². The molecular formula is C18H22BrN3O4S2. The Morgan fingerprint density at radius 1 is 1.21 bits per heavy atom. The first-order chi connectivity index (χ1) is 13.2. The fourth-order valence-corrected chi connectivity index (χ4v) is 7.96. The molecule has 3 heterocycles. The van der Waals surface area contributed by atoms with Crippen LogP contribution >= 0.6 is 27.7 Å². The van der Waals surface area contributed by atoms with Gasteiger partial charge in [-0.1, -0.05) is 12.1 Å². The number of amides is 2. The van der Waals surface area contributed by atoms with Crippen molar-refractivity contribution in [3.05, 3.63) is 28.7 Å². The van der Waals surface area contributed by atoms with Gasteiger partial charge < -0.3 is 9.80 Å². The first-order valence-electron chi connectivity index (χ1n) is 9.24. The molecule has 3 saturated heterocycles. The highest BCUT2D eigenvalue weighted by molar-refractivity contribution is 9.10. The van der Waals surface area contributed by atoms with Gasteiger partial charge in [0.15, 0.2) is 0 Å². The molecule has 7 nitrogen and oxygen atoms in total. The van der Waals surface area contributed by atoms with Crippen LogP contribution in [0.4, 0.5) is 0 Å². The van der Waals surface area contributed by atoms with E-state index in [1.54, 1.807) is 45.8 Å². The predicted octanol–water partition coefficient (Wildman–Crippen LogP) is 1.74. The molecule has 0 aromatic heterocycles. The van der Waals surface area contributed by atoms with Crippen LogP contribution in [0.3, 0.4) is 0 Å². The van der Waals surface area contributed by atoms with E-state index in [2.05, 4.69) is 15.9 Å². The van der Waals surface area contributed by atoms with Gasteiger partial charge in [-0.3, -0.25) is 9.59 Å². The summed E-state index contributed by atoms with van der Waals surface area (Å²) in [5.74, 6) is 0.585. The highest BCUT2D eigenvalue weighted by Crippen LogP contribution is 2.47. The van der Waals surface area contributed by atoms with Gasteiger partial charge in [0.05, 0.1) is 9.77 Å². The number of hydrogen-bond donors (Lipinski definition) is 0. The number of hydrogen-bond acceptors (Lipinski definition) is 5. The number of halogens is 1. The molecule has 3 aliphatic rings. The van der Waals surface area contributed by atoms with Crippen LogP contribution in [0, 0.1) is 0 Å². The maximum Gasteiger partial charge on any atom is 0.246 e. The summed E-state index contributed by atoms with van der Waals surface area (Å²) < 4.78 is 27.8. The second kappa shape index (κ2) is 7.30. The van der Waals surface area contributed by atoms with Crippen molar-refractivity contribution in [2.45, 2.75) is 35.6 Å². The SMILES string of the molecule is CC12CCC(=O)N1C(C(=O)N1CCN(S(=O)(=O)c3ccccc3Br)CC1)CS2. The van der Waals surface area contributed by atoms with E-state index in [-0.39, 0.29) is 34.7 Å². The number of benzene rings is 1. The molecule has 0 N–H and O–H groups in total. The maximum absolute atomic E-state index is 13.1. The van der Waals surface area contributed by atoms with Crippen molar-refractivity contribution in [3.8, 4) is 0 Å². The largest absolute Gasteiger partial charge is 0.338 e. The summed E-state index contributed by atoms with van der Waals surface area (Å²) in [5, 5.41) is 0. The third-order valence-electron chi connectivity index (χ3n) is 5.73. The van der Waals surface area contributed by atoms with Gasteiger partial charge in [-0.15, -0.1) is 11.8 Å². The third kappa shape index (κ3) is 3.28. The Kier molecular flexibility index (Phi) is 5.26. The molecule has 0 aliphatic carbocycles. The molecule has 4 rings (SSSR count). The van der Waals surface area contributed by atoms with Crippen LogP contribution in [0.25, 0.3) is 0 Å². The number of thioether (sulfide) groups is 1. The molecule has 0 bridgehead atoms. The molecule has 0 radical (unpaired) electrons. The van der Waals surface area contributed by atoms with Gasteiger partial charge in [0.1, 0.15) is 6.04 Å². The predicted molar refractivity (Wildman–Crippen MR) is 110 cm³/mol. The zero-order valence-electron chi connectivity index (χ0n) is 15.5. The Morgan fingerprint density at radius 2 is 1.89 bits per heavy atom. The first-order valence-corrected chi connectivity index (χ1v) is 12.5. The first kappa shape index (κ1) is 20.2. The van der Waals surface area contributed by atoms with E-state index in [1.165, 1.54) is 4.31 Å². The molecule has 3 fully saturated rings. The average molecular weight is 488 g/mol. The number of piperazine rings is 1. The highest BCUT2D eigenvalue weighted by atomic mass is 79.9. The van der Waals surface area contributed by atoms with Crippen molar-refractivity contribution >= 4 is 49.5 Å². The van der Waals surface area contributed by atoms with Crippen molar-refractivity contribution in [1.29, 1.82) is 0 Å². The Labute approximate surface area is 177 Å². The molecule has 2 amide bonds. The summed E-state index contributed by atoms with van der Waals surface area (Å²) in [6.45, 7) is 3.20. The van der Waals surface area contributed by atoms with Crippen LogP contribution in [-0.4, -0.2) is 77.2 Å². The summed E-state index contributed by atoms with van der Waals surface area (Å²) in [7, 11) is -3.61. The monoisotopic (exact) mass is 487 g/mol. The summed E-state index contributed by atoms with van der Waals surface area (Å²) >= 11 is 4.97. The van der Waals surface area contributed by atoms with Crippen molar-refractivity contribution in [2.75, 3.05) is 31.9 Å². The minimum absolute atomic E-state index is 0.0426. The second-order valence-corrected chi connectivity index (χ2v) is 11.7. The Hall–Kier alpha value is -1.10. The summed E-state index contributed by atoms with van der Waals surface area (Å²) in [5.41, 5.74) is 0. The minimum Gasteiger partial charge on any atom is -0.338 e. The zero-order valence-corrected chi connectivity index (χ0v) is 18.7. The lowest BCUT2D eigenvalue weighted by Gasteiger charge is -2.37. The lowest BCUT2D eigenvalue weighted by atomic mass is 10.2. The van der Waals surface area contributed by atoms with E-state index in [0.717, 1.165) is 6.42 Å². The molecule has 3 aliphatic heterocycles. The van der Waals surface area contributed by atoms with E-state index in [4.69, 9.17) is 0 Å². The molecule has 0 spiro atoms. The van der Waals surface area contributed by atoms with E-state index in [1.807, 2.05) is 6.92 Å². The molecule has 152 valence electrons. The van der Waals surface area contributed by atoms with Gasteiger partial charge in [0.2, 0.25) is 21.8 Å². The number of sulfonamides is 1. The Bertz CT molecular complexity index is 917. The molecule has 0 saturated carbocycles. The van der Waals surface area contributed by atoms with Crippen molar-refractivity contribution in [3.63, 3.8) is 0 Å². The molecule has 28 heavy (non-hydrogen) atoms. The van der Waals surface area contributed by atoms with Gasteiger partial charge in [0, 0.05) is 42.8 Å². The molecule has 10 heteroatoms. The smallest absolute Gasteiger partial charge is 0.246 e. The van der Waals surface area contributed by atoms with Gasteiger partial charge >= 0.3 is 0 Å². The number of rotatable bonds is 3. The number of carbonyl (C=O) groups excluding carboxylic acids is 2. The third-order valence-corrected chi connectivity index (χ3v) is 10.2. The van der Waals surface area contributed by atoms with Crippen LogP contribution in [-0.2, 0) is 19.6 Å². The Morgan fingerprint density at radius 3 is 2.57 bits per heavy atom. The molecular weight excluding hydrogens is 466 g/mol. The fraction of sp³-hybridized carbons (Fsp3) is 0.556. The fourth-order valence-electron chi connectivity index (χ4n) is 4.16. The summed E-state index contributed by atoms with van der Waals surface area (Å²) in [6, 6.07) is 6.31. The lowest BCUT2D eigenvalue weighted by molar-refractivity contribution is -0.144. The van der Waals surface area contributed by atoms with Crippen LogP contribution in [0.5, 0.6) is 0 Å². The van der Waals surface area contributed by atoms with Crippen LogP contribution in [0.1, 0.15) is 19.8 Å². The van der Waals surface area contributed by atoms with Gasteiger partial charge in [-0.25, -0.2) is 8.42 Å². The summed E-state index contributed by atoms with van der Waals surface area (Å²) in [4.78, 5) is 28.8. The second-order valence-electron chi connectivity index (χ2n) is 7.43. The molecule has 2 atom stereocenters. The quantitative estimate of drug-likeness (QED) is 0.648. The average Bonchev–Trinajstić information content (AvgIpc) is 3.17. The number of nitrogens with zero attached hydrogens (tertiary/aromatic N) is 3. The van der Waals surface area contributed by atoms with Crippen LogP contribution in [0.2, 0.25) is 0 Å². The maximum atomic E-state index is 13.1. The lowest BCUT2D eigenvalue weighted by Crippen LogP contribution is -2.56. The van der Waals surface area contributed by atoms with Crippen molar-refractivity contribution in [2.24, 2.45) is 0 Å². The van der Waals surface area contributed by atoms with Gasteiger partial charge in [-0.2, -0.15) is 4.31 Å². The van der Waals surface area contributed by atoms with Crippen molar-refractivity contribution < 1.29 is 18.0 Å². The van der Waals surface area contributed by atoms with Crippen LogP contribution < -0.4 is 0 Å². The zero-order chi connectivity index (χ0) is 20.1. The molecule has 1 aromatic carbocycles. The number of fused-ring (bicyclic) bond motifs is 1. The molecule has 2 unspecified atom stereocenters. The van der Waals surface area contributed by atoms with E-state index < -0.39 is 16.1 Å². The Balaban J connectivity index is 1.44. The summed E-state index contributed by atoms with van der Waals surface area (Å²) in [6.07, 6.45) is 1.27. The normalized spacial score (nSPS) is 28.6. The topological polar surface area (TPSA) is 78.0 Å². The van der Waals surface area contributed by atoms with Crippen LogP contribution in [0.15, 0.2) is 33.6 Å². The van der Waals surface area contributed by atoms with Gasteiger partial charge in [-0.05, 0) is 41.4 Å². The van der Waals surface area contributed by atoms with Crippen molar-refractivity contribution in [1.82, 2.24) is 14.1 Å². The standard InChI is InChI=1S/C18H22BrN3O4S2/c1-18-7-6-16(23)22(18)14(12-27-18)17(24)20-8-10-21(11-9-20)28(25,26)15-5-3-2-4-13(15)19/h2-5,14H,6-12H2,1H3. The van der Waals surface area contributed by atoms with E-state index in [9.17, 15) is 18.0 Å². The van der Waals surface area contributed by atoms with Gasteiger partial charge in [0.25, 0.3) is 0 Å². The highest BCUT2D eigenvalue weighted by Gasteiger charge is 2.53. The minimum atomic E-state index is -3.61.